The Morgan fingerprint density at radius 2 is 1.87 bits per heavy atom. The largest absolute Gasteiger partial charge is 0.462 e. The number of anilines is 1. The van der Waals surface area contributed by atoms with Crippen molar-refractivity contribution in [3.8, 4) is 0 Å². The standard InChI is InChI=1S/C17H22N2O4/c1-5-23-16(22)11-6-8-12(9-7-11)19-14(20)10-13(15(19)21)18-17(2,3)4/h6-9,13,18H,5,10H2,1-4H3/p+1/t13-/m1/s1. The number of nitrogens with zero attached hydrogens (tertiary/aromatic N) is 1. The number of ether oxygens (including phenoxy) is 1. The van der Waals surface area contributed by atoms with Crippen molar-refractivity contribution in [2.75, 3.05) is 11.5 Å². The summed E-state index contributed by atoms with van der Waals surface area (Å²) in [7, 11) is 0. The van der Waals surface area contributed by atoms with Gasteiger partial charge < -0.3 is 10.1 Å². The van der Waals surface area contributed by atoms with Gasteiger partial charge in [-0.2, -0.15) is 0 Å². The van der Waals surface area contributed by atoms with Gasteiger partial charge in [0.25, 0.3) is 5.91 Å². The Kier molecular flexibility index (Phi) is 4.85. The predicted molar refractivity (Wildman–Crippen MR) is 85.0 cm³/mol. The molecule has 1 aromatic rings. The number of benzene rings is 1. The van der Waals surface area contributed by atoms with Gasteiger partial charge in [-0.25, -0.2) is 9.69 Å². The van der Waals surface area contributed by atoms with E-state index in [1.165, 1.54) is 4.90 Å². The Morgan fingerprint density at radius 1 is 1.26 bits per heavy atom. The van der Waals surface area contributed by atoms with E-state index in [4.69, 9.17) is 4.74 Å². The first-order valence-corrected chi connectivity index (χ1v) is 7.73. The van der Waals surface area contributed by atoms with Crippen LogP contribution >= 0.6 is 0 Å². The van der Waals surface area contributed by atoms with E-state index < -0.39 is 12.0 Å². The summed E-state index contributed by atoms with van der Waals surface area (Å²) in [6.45, 7) is 8.04. The third kappa shape index (κ3) is 3.96. The van der Waals surface area contributed by atoms with Crippen LogP contribution in [0.5, 0.6) is 0 Å². The second-order valence-corrected chi connectivity index (χ2v) is 6.68. The molecule has 1 saturated heterocycles. The van der Waals surface area contributed by atoms with E-state index in [1.807, 2.05) is 26.1 Å². The van der Waals surface area contributed by atoms with Crippen molar-refractivity contribution in [1.82, 2.24) is 0 Å². The Hall–Kier alpha value is -2.21. The van der Waals surface area contributed by atoms with Crippen LogP contribution in [0.4, 0.5) is 5.69 Å². The van der Waals surface area contributed by atoms with E-state index >= 15 is 0 Å². The van der Waals surface area contributed by atoms with Crippen molar-refractivity contribution >= 4 is 23.5 Å². The van der Waals surface area contributed by atoms with Crippen LogP contribution in [0.3, 0.4) is 0 Å². The molecule has 0 radical (unpaired) electrons. The summed E-state index contributed by atoms with van der Waals surface area (Å²) in [5.41, 5.74) is 0.745. The summed E-state index contributed by atoms with van der Waals surface area (Å²) in [6.07, 6.45) is 0.190. The molecule has 6 heteroatoms. The molecule has 1 aliphatic rings. The fourth-order valence-electron chi connectivity index (χ4n) is 2.62. The molecule has 1 aromatic carbocycles. The van der Waals surface area contributed by atoms with Crippen LogP contribution in [-0.2, 0) is 14.3 Å². The van der Waals surface area contributed by atoms with Crippen molar-refractivity contribution in [1.29, 1.82) is 0 Å². The molecule has 0 unspecified atom stereocenters. The van der Waals surface area contributed by atoms with Crippen molar-refractivity contribution in [3.05, 3.63) is 29.8 Å². The Labute approximate surface area is 135 Å². The minimum Gasteiger partial charge on any atom is -0.462 e. The second kappa shape index (κ2) is 6.50. The van der Waals surface area contributed by atoms with Gasteiger partial charge in [0.05, 0.1) is 29.8 Å². The molecule has 1 fully saturated rings. The second-order valence-electron chi connectivity index (χ2n) is 6.68. The molecule has 124 valence electrons. The van der Waals surface area contributed by atoms with Gasteiger partial charge in [0.2, 0.25) is 5.91 Å². The zero-order valence-electron chi connectivity index (χ0n) is 14.0. The highest BCUT2D eigenvalue weighted by Gasteiger charge is 2.43. The van der Waals surface area contributed by atoms with E-state index in [2.05, 4.69) is 0 Å². The maximum Gasteiger partial charge on any atom is 0.338 e. The van der Waals surface area contributed by atoms with Gasteiger partial charge in [-0.3, -0.25) is 9.59 Å². The lowest BCUT2D eigenvalue weighted by atomic mass is 10.1. The molecule has 1 heterocycles. The Morgan fingerprint density at radius 3 is 2.39 bits per heavy atom. The van der Waals surface area contributed by atoms with E-state index in [9.17, 15) is 14.4 Å². The minimum absolute atomic E-state index is 0.135. The normalized spacial score (nSPS) is 18.4. The summed E-state index contributed by atoms with van der Waals surface area (Å²) >= 11 is 0. The number of rotatable bonds is 4. The third-order valence-electron chi connectivity index (χ3n) is 3.52. The van der Waals surface area contributed by atoms with Crippen LogP contribution in [-0.4, -0.2) is 36.0 Å². The zero-order valence-corrected chi connectivity index (χ0v) is 14.0. The number of quaternary nitrogens is 1. The highest BCUT2D eigenvalue weighted by atomic mass is 16.5. The van der Waals surface area contributed by atoms with Gasteiger partial charge in [-0.15, -0.1) is 0 Å². The highest BCUT2D eigenvalue weighted by molar-refractivity contribution is 6.21. The van der Waals surface area contributed by atoms with Crippen LogP contribution in [0.1, 0.15) is 44.5 Å². The van der Waals surface area contributed by atoms with Crippen molar-refractivity contribution < 1.29 is 24.4 Å². The van der Waals surface area contributed by atoms with Crippen LogP contribution in [0, 0.1) is 0 Å². The Balaban J connectivity index is 2.17. The number of hydrogen-bond donors (Lipinski definition) is 1. The van der Waals surface area contributed by atoms with Gasteiger partial charge in [-0.1, -0.05) is 0 Å². The molecule has 23 heavy (non-hydrogen) atoms. The molecule has 2 N–H and O–H groups in total. The van der Waals surface area contributed by atoms with Crippen molar-refractivity contribution in [3.63, 3.8) is 0 Å². The lowest BCUT2D eigenvalue weighted by Gasteiger charge is -2.21. The van der Waals surface area contributed by atoms with Gasteiger partial charge in [0.15, 0.2) is 6.04 Å². The average molecular weight is 319 g/mol. The molecular formula is C17H23N2O4+. The fraction of sp³-hybridized carbons (Fsp3) is 0.471. The third-order valence-corrected chi connectivity index (χ3v) is 3.52. The number of carbonyl (C=O) groups excluding carboxylic acids is 3. The minimum atomic E-state index is -0.419. The maximum atomic E-state index is 12.5. The molecule has 0 aromatic heterocycles. The molecular weight excluding hydrogens is 296 g/mol. The topological polar surface area (TPSA) is 80.3 Å². The smallest absolute Gasteiger partial charge is 0.338 e. The van der Waals surface area contributed by atoms with Crippen LogP contribution in [0.15, 0.2) is 24.3 Å². The van der Waals surface area contributed by atoms with Crippen LogP contribution in [0.25, 0.3) is 0 Å². The number of nitrogens with two attached hydrogens (primary N) is 1. The first-order chi connectivity index (χ1) is 10.7. The molecule has 0 saturated carbocycles. The van der Waals surface area contributed by atoms with Gasteiger partial charge in [-0.05, 0) is 52.0 Å². The molecule has 2 amide bonds. The molecule has 1 aliphatic heterocycles. The highest BCUT2D eigenvalue weighted by Crippen LogP contribution is 2.22. The number of imide groups is 1. The number of hydrogen-bond acceptors (Lipinski definition) is 4. The molecule has 1 atom stereocenters. The number of amides is 2. The maximum absolute atomic E-state index is 12.5. The molecule has 2 rings (SSSR count). The summed E-state index contributed by atoms with van der Waals surface area (Å²) in [6, 6.07) is 5.93. The number of esters is 1. The lowest BCUT2D eigenvalue weighted by molar-refractivity contribution is -0.734. The monoisotopic (exact) mass is 319 g/mol. The van der Waals surface area contributed by atoms with Gasteiger partial charge >= 0.3 is 5.97 Å². The summed E-state index contributed by atoms with van der Waals surface area (Å²) in [5.74, 6) is -0.852. The molecule has 0 aliphatic carbocycles. The predicted octanol–water partition coefficient (Wildman–Crippen LogP) is 0.857. The van der Waals surface area contributed by atoms with Crippen molar-refractivity contribution in [2.45, 2.75) is 45.7 Å². The van der Waals surface area contributed by atoms with E-state index in [1.54, 1.807) is 31.2 Å². The summed E-state index contributed by atoms with van der Waals surface area (Å²) in [4.78, 5) is 37.5. The lowest BCUT2D eigenvalue weighted by Crippen LogP contribution is -3.00. The SMILES string of the molecule is CCOC(=O)c1ccc(N2C(=O)C[C@@H]([NH2+]C(C)(C)C)C2=O)cc1. The molecule has 0 spiro atoms. The van der Waals surface area contributed by atoms with E-state index in [0.29, 0.717) is 17.9 Å². The van der Waals surface area contributed by atoms with E-state index in [0.717, 1.165) is 0 Å². The van der Waals surface area contributed by atoms with E-state index in [-0.39, 0.29) is 23.8 Å². The molecule has 0 bridgehead atoms. The Bertz CT molecular complexity index is 616. The van der Waals surface area contributed by atoms with Gasteiger partial charge in [0, 0.05) is 0 Å². The first kappa shape index (κ1) is 17.1. The fourth-order valence-corrected chi connectivity index (χ4v) is 2.62. The average Bonchev–Trinajstić information content (AvgIpc) is 2.72. The zero-order chi connectivity index (χ0) is 17.2. The van der Waals surface area contributed by atoms with Gasteiger partial charge in [0.1, 0.15) is 0 Å². The molecule has 6 nitrogen and oxygen atoms in total. The van der Waals surface area contributed by atoms with Crippen LogP contribution < -0.4 is 10.2 Å². The quantitative estimate of drug-likeness (QED) is 0.659. The van der Waals surface area contributed by atoms with Crippen LogP contribution in [0.2, 0.25) is 0 Å². The summed E-state index contributed by atoms with van der Waals surface area (Å²) < 4.78 is 4.92. The van der Waals surface area contributed by atoms with Crippen molar-refractivity contribution in [2.24, 2.45) is 0 Å². The summed E-state index contributed by atoms with van der Waals surface area (Å²) in [5, 5.41) is 1.92. The first-order valence-electron chi connectivity index (χ1n) is 7.73. The number of carbonyl (C=O) groups is 3.